The first-order valence-electron chi connectivity index (χ1n) is 6.41. The lowest BCUT2D eigenvalue weighted by Gasteiger charge is -2.08. The Bertz CT molecular complexity index is 656. The molecule has 106 valence electrons. The van der Waals surface area contributed by atoms with E-state index in [1.54, 1.807) is 18.2 Å². The van der Waals surface area contributed by atoms with Crippen molar-refractivity contribution >= 4 is 11.7 Å². The highest BCUT2D eigenvalue weighted by Crippen LogP contribution is 2.15. The minimum absolute atomic E-state index is 0.250. The molecule has 4 heteroatoms. The Labute approximate surface area is 123 Å². The fraction of sp³-hybridized carbons (Fsp3) is 0.118. The highest BCUT2D eigenvalue weighted by atomic mass is 16.5. The molecule has 0 bridgehead atoms. The SMILES string of the molecule is C#CCOc1ccc(CNc2cccc(C(=O)O)c2)cc1. The number of carbonyl (C=O) groups is 1. The van der Waals surface area contributed by atoms with E-state index in [0.29, 0.717) is 6.54 Å². The van der Waals surface area contributed by atoms with Crippen molar-refractivity contribution in [1.82, 2.24) is 0 Å². The number of nitrogens with one attached hydrogen (secondary N) is 1. The van der Waals surface area contributed by atoms with Crippen molar-refractivity contribution in [3.05, 3.63) is 59.7 Å². The summed E-state index contributed by atoms with van der Waals surface area (Å²) in [5, 5.41) is 12.1. The Morgan fingerprint density at radius 2 is 2.00 bits per heavy atom. The van der Waals surface area contributed by atoms with Crippen LogP contribution in [0.3, 0.4) is 0 Å². The van der Waals surface area contributed by atoms with Gasteiger partial charge in [-0.25, -0.2) is 4.79 Å². The van der Waals surface area contributed by atoms with Gasteiger partial charge in [0.1, 0.15) is 12.4 Å². The van der Waals surface area contributed by atoms with Crippen molar-refractivity contribution in [2.45, 2.75) is 6.54 Å². The maximum Gasteiger partial charge on any atom is 0.335 e. The van der Waals surface area contributed by atoms with E-state index in [2.05, 4.69) is 11.2 Å². The molecule has 2 aromatic rings. The summed E-state index contributed by atoms with van der Waals surface area (Å²) in [5.74, 6) is 2.20. The fourth-order valence-corrected chi connectivity index (χ4v) is 1.79. The maximum atomic E-state index is 10.9. The van der Waals surface area contributed by atoms with Gasteiger partial charge < -0.3 is 15.2 Å². The van der Waals surface area contributed by atoms with E-state index in [1.807, 2.05) is 30.3 Å². The third-order valence-electron chi connectivity index (χ3n) is 2.85. The van der Waals surface area contributed by atoms with Crippen LogP contribution in [0.4, 0.5) is 5.69 Å². The average molecular weight is 281 g/mol. The lowest BCUT2D eigenvalue weighted by Crippen LogP contribution is -2.02. The molecule has 0 saturated heterocycles. The van der Waals surface area contributed by atoms with Crippen LogP contribution in [0.2, 0.25) is 0 Å². The number of hydrogen-bond donors (Lipinski definition) is 2. The number of carboxylic acids is 1. The molecule has 0 fully saturated rings. The molecular formula is C17H15NO3. The van der Waals surface area contributed by atoms with Gasteiger partial charge in [-0.15, -0.1) is 6.42 Å². The van der Waals surface area contributed by atoms with Gasteiger partial charge in [-0.1, -0.05) is 24.1 Å². The highest BCUT2D eigenvalue weighted by Gasteiger charge is 2.03. The van der Waals surface area contributed by atoms with Crippen LogP contribution in [0.25, 0.3) is 0 Å². The lowest BCUT2D eigenvalue weighted by molar-refractivity contribution is 0.0697. The minimum atomic E-state index is -0.936. The van der Waals surface area contributed by atoms with Gasteiger partial charge in [0.25, 0.3) is 0 Å². The molecule has 0 aromatic heterocycles. The second-order valence-electron chi connectivity index (χ2n) is 4.38. The van der Waals surface area contributed by atoms with Crippen LogP contribution in [0.15, 0.2) is 48.5 Å². The normalized spacial score (nSPS) is 9.67. The third-order valence-corrected chi connectivity index (χ3v) is 2.85. The number of anilines is 1. The van der Waals surface area contributed by atoms with Crippen LogP contribution in [0, 0.1) is 12.3 Å². The largest absolute Gasteiger partial charge is 0.481 e. The highest BCUT2D eigenvalue weighted by molar-refractivity contribution is 5.88. The van der Waals surface area contributed by atoms with Crippen LogP contribution < -0.4 is 10.1 Å². The molecule has 0 aliphatic carbocycles. The van der Waals surface area contributed by atoms with Crippen molar-refractivity contribution in [2.75, 3.05) is 11.9 Å². The van der Waals surface area contributed by atoms with Crippen LogP contribution in [-0.2, 0) is 6.54 Å². The molecule has 0 heterocycles. The Kier molecular flexibility index (Phi) is 4.84. The Balaban J connectivity index is 1.95. The summed E-state index contributed by atoms with van der Waals surface area (Å²) < 4.78 is 5.29. The summed E-state index contributed by atoms with van der Waals surface area (Å²) in [6, 6.07) is 14.3. The van der Waals surface area contributed by atoms with Gasteiger partial charge in [0.15, 0.2) is 0 Å². The Hall–Kier alpha value is -2.93. The molecule has 21 heavy (non-hydrogen) atoms. The summed E-state index contributed by atoms with van der Waals surface area (Å²) in [7, 11) is 0. The van der Waals surface area contributed by atoms with Gasteiger partial charge in [-0.05, 0) is 35.9 Å². The molecule has 0 radical (unpaired) electrons. The average Bonchev–Trinajstić information content (AvgIpc) is 2.52. The number of benzene rings is 2. The molecule has 0 aliphatic heterocycles. The molecule has 2 aromatic carbocycles. The summed E-state index contributed by atoms with van der Waals surface area (Å²) >= 11 is 0. The fourth-order valence-electron chi connectivity index (χ4n) is 1.79. The van der Waals surface area contributed by atoms with Crippen LogP contribution in [-0.4, -0.2) is 17.7 Å². The van der Waals surface area contributed by atoms with E-state index in [9.17, 15) is 4.79 Å². The van der Waals surface area contributed by atoms with E-state index >= 15 is 0 Å². The van der Waals surface area contributed by atoms with Gasteiger partial charge in [0, 0.05) is 12.2 Å². The lowest BCUT2D eigenvalue weighted by atomic mass is 10.2. The van der Waals surface area contributed by atoms with Gasteiger partial charge in [0.2, 0.25) is 0 Å². The van der Waals surface area contributed by atoms with E-state index in [-0.39, 0.29) is 12.2 Å². The molecule has 4 nitrogen and oxygen atoms in total. The topological polar surface area (TPSA) is 58.6 Å². The molecule has 2 rings (SSSR count). The first kappa shape index (κ1) is 14.5. The number of terminal acetylenes is 1. The van der Waals surface area contributed by atoms with Crippen molar-refractivity contribution in [3.8, 4) is 18.1 Å². The maximum absolute atomic E-state index is 10.9. The number of rotatable bonds is 6. The Morgan fingerprint density at radius 1 is 1.24 bits per heavy atom. The number of hydrogen-bond acceptors (Lipinski definition) is 3. The van der Waals surface area contributed by atoms with Crippen LogP contribution in [0.1, 0.15) is 15.9 Å². The van der Waals surface area contributed by atoms with Crippen LogP contribution in [0.5, 0.6) is 5.75 Å². The predicted molar refractivity (Wildman–Crippen MR) is 81.5 cm³/mol. The molecule has 0 saturated carbocycles. The minimum Gasteiger partial charge on any atom is -0.481 e. The van der Waals surface area contributed by atoms with Crippen molar-refractivity contribution in [3.63, 3.8) is 0 Å². The molecule has 0 amide bonds. The van der Waals surface area contributed by atoms with Gasteiger partial charge in [-0.2, -0.15) is 0 Å². The van der Waals surface area contributed by atoms with Crippen LogP contribution >= 0.6 is 0 Å². The first-order valence-corrected chi connectivity index (χ1v) is 6.41. The van der Waals surface area contributed by atoms with Gasteiger partial charge in [0.05, 0.1) is 5.56 Å². The van der Waals surface area contributed by atoms with Gasteiger partial charge >= 0.3 is 5.97 Å². The summed E-state index contributed by atoms with van der Waals surface area (Å²) in [4.78, 5) is 10.9. The number of aromatic carboxylic acids is 1. The zero-order valence-electron chi connectivity index (χ0n) is 11.4. The summed E-state index contributed by atoms with van der Waals surface area (Å²) in [5.41, 5.74) is 2.09. The molecule has 0 atom stereocenters. The summed E-state index contributed by atoms with van der Waals surface area (Å²) in [6.07, 6.45) is 5.13. The van der Waals surface area contributed by atoms with E-state index < -0.39 is 5.97 Å². The van der Waals surface area contributed by atoms with E-state index in [0.717, 1.165) is 17.0 Å². The third kappa shape index (κ3) is 4.29. The van der Waals surface area contributed by atoms with E-state index in [4.69, 9.17) is 16.3 Å². The van der Waals surface area contributed by atoms with Crippen molar-refractivity contribution in [1.29, 1.82) is 0 Å². The quantitative estimate of drug-likeness (QED) is 0.799. The second-order valence-corrected chi connectivity index (χ2v) is 4.38. The predicted octanol–water partition coefficient (Wildman–Crippen LogP) is 3.01. The molecule has 2 N–H and O–H groups in total. The molecule has 0 unspecified atom stereocenters. The van der Waals surface area contributed by atoms with Gasteiger partial charge in [-0.3, -0.25) is 0 Å². The zero-order valence-corrected chi connectivity index (χ0v) is 11.4. The zero-order chi connectivity index (χ0) is 15.1. The molecule has 0 aliphatic rings. The summed E-state index contributed by atoms with van der Waals surface area (Å²) in [6.45, 7) is 0.845. The standard InChI is InChI=1S/C17H15NO3/c1-2-10-21-16-8-6-13(7-9-16)12-18-15-5-3-4-14(11-15)17(19)20/h1,3-9,11,18H,10,12H2,(H,19,20). The monoisotopic (exact) mass is 281 g/mol. The van der Waals surface area contributed by atoms with Crippen molar-refractivity contribution in [2.24, 2.45) is 0 Å². The van der Waals surface area contributed by atoms with E-state index in [1.165, 1.54) is 0 Å². The number of carboxylic acid groups (broad SMARTS) is 1. The second kappa shape index (κ2) is 7.01. The Morgan fingerprint density at radius 3 is 2.67 bits per heavy atom. The molecule has 0 spiro atoms. The number of ether oxygens (including phenoxy) is 1. The van der Waals surface area contributed by atoms with Crippen molar-refractivity contribution < 1.29 is 14.6 Å². The first-order chi connectivity index (χ1) is 10.2. The molecular weight excluding hydrogens is 266 g/mol. The smallest absolute Gasteiger partial charge is 0.335 e.